The lowest BCUT2D eigenvalue weighted by Crippen LogP contribution is -1.97. The van der Waals surface area contributed by atoms with Crippen molar-refractivity contribution < 1.29 is 0 Å². The molecular formula is C13H14N2. The van der Waals surface area contributed by atoms with E-state index in [4.69, 9.17) is 0 Å². The highest BCUT2D eigenvalue weighted by Crippen LogP contribution is 2.04. The summed E-state index contributed by atoms with van der Waals surface area (Å²) in [5.41, 5.74) is 2.47. The number of aryl methyl sites for hydroxylation is 3. The fourth-order valence-corrected chi connectivity index (χ4v) is 1.56. The van der Waals surface area contributed by atoms with E-state index in [2.05, 4.69) is 34.2 Å². The highest BCUT2D eigenvalue weighted by atomic mass is 14.9. The van der Waals surface area contributed by atoms with Gasteiger partial charge in [-0.3, -0.25) is 0 Å². The third-order valence-electron chi connectivity index (χ3n) is 2.35. The molecule has 0 aliphatic rings. The quantitative estimate of drug-likeness (QED) is 0.757. The maximum Gasteiger partial charge on any atom is 0.125 e. The molecule has 15 heavy (non-hydrogen) atoms. The number of benzene rings is 1. The second-order valence-electron chi connectivity index (χ2n) is 3.58. The number of rotatable bonds is 3. The van der Waals surface area contributed by atoms with Crippen molar-refractivity contribution in [3.05, 3.63) is 59.7 Å². The maximum atomic E-state index is 4.38. The van der Waals surface area contributed by atoms with Crippen LogP contribution in [0.25, 0.3) is 0 Å². The van der Waals surface area contributed by atoms with Gasteiger partial charge in [0, 0.05) is 11.9 Å². The molecule has 2 nitrogen and oxygen atoms in total. The highest BCUT2D eigenvalue weighted by Gasteiger charge is 1.97. The van der Waals surface area contributed by atoms with Gasteiger partial charge in [0.1, 0.15) is 5.82 Å². The van der Waals surface area contributed by atoms with Crippen molar-refractivity contribution in [1.29, 1.82) is 0 Å². The molecule has 2 heteroatoms. The summed E-state index contributed by atoms with van der Waals surface area (Å²) in [6, 6.07) is 12.5. The second kappa shape index (κ2) is 4.69. The minimum absolute atomic E-state index is 0.848. The number of aromatic nitrogens is 2. The average Bonchev–Trinajstić information content (AvgIpc) is 2.28. The van der Waals surface area contributed by atoms with Crippen molar-refractivity contribution in [3.63, 3.8) is 0 Å². The van der Waals surface area contributed by atoms with Gasteiger partial charge < -0.3 is 0 Å². The summed E-state index contributed by atoms with van der Waals surface area (Å²) in [4.78, 5) is 8.46. The Morgan fingerprint density at radius 3 is 2.53 bits per heavy atom. The lowest BCUT2D eigenvalue weighted by molar-refractivity contribution is 0.880. The van der Waals surface area contributed by atoms with E-state index in [1.54, 1.807) is 0 Å². The molecule has 0 amide bonds. The van der Waals surface area contributed by atoms with Crippen molar-refractivity contribution in [3.8, 4) is 0 Å². The van der Waals surface area contributed by atoms with Gasteiger partial charge >= 0.3 is 0 Å². The summed E-state index contributed by atoms with van der Waals surface area (Å²) in [5, 5.41) is 0. The summed E-state index contributed by atoms with van der Waals surface area (Å²) in [7, 11) is 0. The zero-order valence-electron chi connectivity index (χ0n) is 8.85. The molecule has 2 rings (SSSR count). The summed E-state index contributed by atoms with van der Waals surface area (Å²) < 4.78 is 0. The fraction of sp³-hybridized carbons (Fsp3) is 0.231. The van der Waals surface area contributed by atoms with E-state index in [9.17, 15) is 0 Å². The SMILES string of the molecule is Cc1nccc(CCc2ccccc2)n1. The van der Waals surface area contributed by atoms with Crippen LogP contribution in [0.3, 0.4) is 0 Å². The van der Waals surface area contributed by atoms with Gasteiger partial charge in [-0.25, -0.2) is 9.97 Å². The Morgan fingerprint density at radius 2 is 1.80 bits per heavy atom. The van der Waals surface area contributed by atoms with Gasteiger partial charge in [-0.1, -0.05) is 30.3 Å². The Hall–Kier alpha value is -1.70. The molecule has 1 heterocycles. The summed E-state index contributed by atoms with van der Waals surface area (Å²) in [5.74, 6) is 0.848. The third-order valence-corrected chi connectivity index (χ3v) is 2.35. The highest BCUT2D eigenvalue weighted by molar-refractivity contribution is 5.16. The molecule has 0 unspecified atom stereocenters. The van der Waals surface area contributed by atoms with Crippen molar-refractivity contribution in [2.75, 3.05) is 0 Å². The van der Waals surface area contributed by atoms with E-state index in [-0.39, 0.29) is 0 Å². The van der Waals surface area contributed by atoms with E-state index in [1.165, 1.54) is 5.56 Å². The van der Waals surface area contributed by atoms with Crippen LogP contribution in [0.1, 0.15) is 17.1 Å². The molecule has 0 saturated heterocycles. The molecule has 0 atom stereocenters. The lowest BCUT2D eigenvalue weighted by Gasteiger charge is -2.01. The molecule has 0 saturated carbocycles. The Kier molecular flexibility index (Phi) is 3.08. The normalized spacial score (nSPS) is 10.2. The van der Waals surface area contributed by atoms with Gasteiger partial charge in [0.15, 0.2) is 0 Å². The monoisotopic (exact) mass is 198 g/mol. The minimum atomic E-state index is 0.848. The average molecular weight is 198 g/mol. The molecule has 0 aliphatic heterocycles. The zero-order chi connectivity index (χ0) is 10.5. The molecule has 2 aromatic rings. The Balaban J connectivity index is 1.99. The first kappa shape index (κ1) is 9.84. The molecular weight excluding hydrogens is 184 g/mol. The van der Waals surface area contributed by atoms with Crippen LogP contribution in [-0.4, -0.2) is 9.97 Å². The van der Waals surface area contributed by atoms with Crippen LogP contribution >= 0.6 is 0 Å². The molecule has 0 bridgehead atoms. The Morgan fingerprint density at radius 1 is 1.00 bits per heavy atom. The lowest BCUT2D eigenvalue weighted by atomic mass is 10.1. The molecule has 0 radical (unpaired) electrons. The van der Waals surface area contributed by atoms with Crippen LogP contribution in [-0.2, 0) is 12.8 Å². The zero-order valence-corrected chi connectivity index (χ0v) is 8.85. The van der Waals surface area contributed by atoms with E-state index >= 15 is 0 Å². The molecule has 76 valence electrons. The van der Waals surface area contributed by atoms with Crippen LogP contribution in [0, 0.1) is 6.92 Å². The molecule has 0 fully saturated rings. The number of nitrogens with zero attached hydrogens (tertiary/aromatic N) is 2. The van der Waals surface area contributed by atoms with Gasteiger partial charge in [0.2, 0.25) is 0 Å². The summed E-state index contributed by atoms with van der Waals surface area (Å²) >= 11 is 0. The van der Waals surface area contributed by atoms with Crippen LogP contribution in [0.5, 0.6) is 0 Å². The summed E-state index contributed by atoms with van der Waals surface area (Å²) in [6.45, 7) is 1.92. The van der Waals surface area contributed by atoms with Crippen molar-refractivity contribution >= 4 is 0 Å². The van der Waals surface area contributed by atoms with E-state index in [0.717, 1.165) is 24.4 Å². The van der Waals surface area contributed by atoms with Crippen LogP contribution in [0.2, 0.25) is 0 Å². The van der Waals surface area contributed by atoms with Gasteiger partial charge in [-0.2, -0.15) is 0 Å². The van der Waals surface area contributed by atoms with Crippen molar-refractivity contribution in [2.45, 2.75) is 19.8 Å². The summed E-state index contributed by atoms with van der Waals surface area (Å²) in [6.07, 6.45) is 3.84. The van der Waals surface area contributed by atoms with E-state index in [0.29, 0.717) is 0 Å². The van der Waals surface area contributed by atoms with Crippen LogP contribution in [0.15, 0.2) is 42.6 Å². The first-order valence-corrected chi connectivity index (χ1v) is 5.17. The predicted octanol–water partition coefficient (Wildman–Crippen LogP) is 2.57. The van der Waals surface area contributed by atoms with Gasteiger partial charge in [-0.15, -0.1) is 0 Å². The van der Waals surface area contributed by atoms with Crippen LogP contribution < -0.4 is 0 Å². The Bertz CT molecular complexity index is 424. The molecule has 0 aliphatic carbocycles. The van der Waals surface area contributed by atoms with Crippen molar-refractivity contribution in [1.82, 2.24) is 9.97 Å². The topological polar surface area (TPSA) is 25.8 Å². The Labute approximate surface area is 90.0 Å². The fourth-order valence-electron chi connectivity index (χ4n) is 1.56. The molecule has 0 spiro atoms. The predicted molar refractivity (Wildman–Crippen MR) is 60.6 cm³/mol. The molecule has 1 aromatic heterocycles. The molecule has 0 N–H and O–H groups in total. The smallest absolute Gasteiger partial charge is 0.125 e. The van der Waals surface area contributed by atoms with E-state index in [1.807, 2.05) is 25.3 Å². The molecule has 1 aromatic carbocycles. The maximum absolute atomic E-state index is 4.38. The third kappa shape index (κ3) is 2.88. The van der Waals surface area contributed by atoms with Gasteiger partial charge in [0.05, 0.1) is 0 Å². The van der Waals surface area contributed by atoms with Crippen molar-refractivity contribution in [2.24, 2.45) is 0 Å². The minimum Gasteiger partial charge on any atom is -0.242 e. The first-order chi connectivity index (χ1) is 7.34. The first-order valence-electron chi connectivity index (χ1n) is 5.17. The van der Waals surface area contributed by atoms with Gasteiger partial charge in [0.25, 0.3) is 0 Å². The van der Waals surface area contributed by atoms with Gasteiger partial charge in [-0.05, 0) is 31.4 Å². The largest absolute Gasteiger partial charge is 0.242 e. The van der Waals surface area contributed by atoms with Crippen LogP contribution in [0.4, 0.5) is 0 Å². The number of hydrogen-bond donors (Lipinski definition) is 0. The van der Waals surface area contributed by atoms with E-state index < -0.39 is 0 Å². The second-order valence-corrected chi connectivity index (χ2v) is 3.58. The number of hydrogen-bond acceptors (Lipinski definition) is 2. The standard InChI is InChI=1S/C13H14N2/c1-11-14-10-9-13(15-11)8-7-12-5-3-2-4-6-12/h2-6,9-10H,7-8H2,1H3.